The predicted octanol–water partition coefficient (Wildman–Crippen LogP) is 3.18. The Balaban J connectivity index is 2.28. The number of aliphatic hydroxyl groups is 1. The fraction of sp³-hybridized carbons (Fsp3) is 0.667. The number of alkyl halides is 3. The lowest BCUT2D eigenvalue weighted by atomic mass is 9.85. The monoisotopic (exact) mass is 302 g/mol. The van der Waals surface area contributed by atoms with E-state index in [-0.39, 0.29) is 5.56 Å². The molecule has 1 aromatic heterocycles. The number of nitrogens with zero attached hydrogens (tertiary/aromatic N) is 2. The van der Waals surface area contributed by atoms with Gasteiger partial charge in [0.1, 0.15) is 0 Å². The first-order valence-corrected chi connectivity index (χ1v) is 7.33. The minimum absolute atomic E-state index is 0.0872. The smallest absolute Gasteiger partial charge is 0.385 e. The van der Waals surface area contributed by atoms with E-state index in [2.05, 4.69) is 16.8 Å². The highest BCUT2D eigenvalue weighted by Crippen LogP contribution is 2.40. The molecule has 0 saturated carbocycles. The predicted molar refractivity (Wildman–Crippen MR) is 73.7 cm³/mol. The molecule has 118 valence electrons. The Kier molecular flexibility index (Phi) is 4.88. The average molecular weight is 302 g/mol. The van der Waals surface area contributed by atoms with E-state index in [1.54, 1.807) is 0 Å². The highest BCUT2D eigenvalue weighted by Gasteiger charge is 2.41. The summed E-state index contributed by atoms with van der Waals surface area (Å²) in [4.78, 5) is 5.99. The number of hydrogen-bond acceptors (Lipinski definition) is 3. The van der Waals surface area contributed by atoms with E-state index in [9.17, 15) is 18.3 Å². The zero-order chi connectivity index (χ0) is 15.5. The third-order valence-corrected chi connectivity index (χ3v) is 4.07. The Hall–Kier alpha value is -1.14. The van der Waals surface area contributed by atoms with Gasteiger partial charge >= 0.3 is 6.18 Å². The third-order valence-electron chi connectivity index (χ3n) is 4.07. The molecular formula is C15H21F3N2O. The molecule has 21 heavy (non-hydrogen) atoms. The molecule has 1 aromatic rings. The number of aromatic nitrogens is 1. The Morgan fingerprint density at radius 3 is 2.76 bits per heavy atom. The lowest BCUT2D eigenvalue weighted by Crippen LogP contribution is -2.31. The van der Waals surface area contributed by atoms with E-state index in [4.69, 9.17) is 0 Å². The van der Waals surface area contributed by atoms with Gasteiger partial charge in [0.25, 0.3) is 0 Å². The molecule has 0 bridgehead atoms. The standard InChI is InChI=1S/C15H21F3N2O/c1-2-8-20-9-3-5-14(21,6-10-20)13-11-19-7-4-12(13)15(16,17)18/h4,7,11,21H,2-3,5-6,8-10H2,1H3. The fourth-order valence-corrected chi connectivity index (χ4v) is 3.00. The van der Waals surface area contributed by atoms with Crippen molar-refractivity contribution in [3.8, 4) is 0 Å². The van der Waals surface area contributed by atoms with Crippen LogP contribution < -0.4 is 0 Å². The van der Waals surface area contributed by atoms with Gasteiger partial charge in [-0.3, -0.25) is 4.98 Å². The minimum atomic E-state index is -4.47. The molecule has 1 unspecified atom stereocenters. The maximum Gasteiger partial charge on any atom is 0.416 e. The van der Waals surface area contributed by atoms with Crippen LogP contribution in [-0.2, 0) is 11.8 Å². The SMILES string of the molecule is CCCN1CCCC(O)(c2cnccc2C(F)(F)F)CC1. The van der Waals surface area contributed by atoms with E-state index in [1.807, 2.05) is 0 Å². The van der Waals surface area contributed by atoms with E-state index in [0.29, 0.717) is 25.8 Å². The van der Waals surface area contributed by atoms with Crippen LogP contribution >= 0.6 is 0 Å². The average Bonchev–Trinajstić information content (AvgIpc) is 2.62. The van der Waals surface area contributed by atoms with E-state index >= 15 is 0 Å². The largest absolute Gasteiger partial charge is 0.416 e. The van der Waals surface area contributed by atoms with Crippen molar-refractivity contribution in [3.05, 3.63) is 29.6 Å². The first-order chi connectivity index (χ1) is 9.87. The topological polar surface area (TPSA) is 36.4 Å². The second-order valence-corrected chi connectivity index (χ2v) is 5.65. The summed E-state index contributed by atoms with van der Waals surface area (Å²) in [7, 11) is 0. The summed E-state index contributed by atoms with van der Waals surface area (Å²) < 4.78 is 39.4. The molecule has 0 spiro atoms. The van der Waals surface area contributed by atoms with Gasteiger partial charge in [-0.1, -0.05) is 6.92 Å². The molecule has 1 N–H and O–H groups in total. The van der Waals surface area contributed by atoms with Crippen molar-refractivity contribution in [2.24, 2.45) is 0 Å². The van der Waals surface area contributed by atoms with E-state index in [1.165, 1.54) is 0 Å². The van der Waals surface area contributed by atoms with Gasteiger partial charge in [-0.15, -0.1) is 0 Å². The van der Waals surface area contributed by atoms with Crippen LogP contribution in [0.3, 0.4) is 0 Å². The van der Waals surface area contributed by atoms with Gasteiger partial charge in [-0.2, -0.15) is 13.2 Å². The summed E-state index contributed by atoms with van der Waals surface area (Å²) >= 11 is 0. The summed E-state index contributed by atoms with van der Waals surface area (Å²) in [5.41, 5.74) is -2.30. The quantitative estimate of drug-likeness (QED) is 0.931. The van der Waals surface area contributed by atoms with E-state index in [0.717, 1.165) is 38.0 Å². The van der Waals surface area contributed by atoms with Crippen LogP contribution in [0, 0.1) is 0 Å². The number of pyridine rings is 1. The molecule has 1 aliphatic rings. The highest BCUT2D eigenvalue weighted by molar-refractivity contribution is 5.32. The molecule has 0 radical (unpaired) electrons. The second kappa shape index (κ2) is 6.32. The summed E-state index contributed by atoms with van der Waals surface area (Å²) in [5.74, 6) is 0. The normalized spacial score (nSPS) is 24.8. The van der Waals surface area contributed by atoms with Crippen LogP contribution in [0.1, 0.15) is 43.7 Å². The molecule has 0 amide bonds. The summed E-state index contributed by atoms with van der Waals surface area (Å²) in [6.45, 7) is 4.41. The maximum absolute atomic E-state index is 13.1. The molecule has 2 heterocycles. The van der Waals surface area contributed by atoms with Gasteiger partial charge in [-0.25, -0.2) is 0 Å². The van der Waals surface area contributed by atoms with Crippen molar-refractivity contribution < 1.29 is 18.3 Å². The molecule has 3 nitrogen and oxygen atoms in total. The van der Waals surface area contributed by atoms with Crippen molar-refractivity contribution in [2.45, 2.75) is 44.4 Å². The molecule has 1 fully saturated rings. The van der Waals surface area contributed by atoms with Crippen LogP contribution in [0.15, 0.2) is 18.5 Å². The highest BCUT2D eigenvalue weighted by atomic mass is 19.4. The van der Waals surface area contributed by atoms with Crippen molar-refractivity contribution in [1.82, 2.24) is 9.88 Å². The van der Waals surface area contributed by atoms with E-state index < -0.39 is 17.3 Å². The molecule has 1 aliphatic heterocycles. The molecule has 1 atom stereocenters. The Bertz CT molecular complexity index is 478. The molecular weight excluding hydrogens is 281 g/mol. The number of rotatable bonds is 3. The van der Waals surface area contributed by atoms with Crippen molar-refractivity contribution in [1.29, 1.82) is 0 Å². The number of hydrogen-bond donors (Lipinski definition) is 1. The summed E-state index contributed by atoms with van der Waals surface area (Å²) in [6.07, 6.45) is 0.142. The first kappa shape index (κ1) is 16.2. The third kappa shape index (κ3) is 3.74. The van der Waals surface area contributed by atoms with Gasteiger partial charge < -0.3 is 10.0 Å². The van der Waals surface area contributed by atoms with Gasteiger partial charge in [-0.05, 0) is 44.8 Å². The fourth-order valence-electron chi connectivity index (χ4n) is 3.00. The van der Waals surface area contributed by atoms with Crippen molar-refractivity contribution in [2.75, 3.05) is 19.6 Å². The van der Waals surface area contributed by atoms with Crippen LogP contribution in [0.4, 0.5) is 13.2 Å². The molecule has 0 aliphatic carbocycles. The lowest BCUT2D eigenvalue weighted by molar-refractivity contribution is -0.141. The van der Waals surface area contributed by atoms with Crippen LogP contribution in [0.2, 0.25) is 0 Å². The molecule has 0 aromatic carbocycles. The zero-order valence-corrected chi connectivity index (χ0v) is 12.2. The molecule has 2 rings (SSSR count). The van der Waals surface area contributed by atoms with Gasteiger partial charge in [0, 0.05) is 24.5 Å². The van der Waals surface area contributed by atoms with Gasteiger partial charge in [0.2, 0.25) is 0 Å². The minimum Gasteiger partial charge on any atom is -0.385 e. The first-order valence-electron chi connectivity index (χ1n) is 7.33. The van der Waals surface area contributed by atoms with Crippen molar-refractivity contribution in [3.63, 3.8) is 0 Å². The summed E-state index contributed by atoms with van der Waals surface area (Å²) in [6, 6.07) is 0.946. The lowest BCUT2D eigenvalue weighted by Gasteiger charge is -2.29. The van der Waals surface area contributed by atoms with Gasteiger partial charge in [0.05, 0.1) is 11.2 Å². The van der Waals surface area contributed by atoms with Crippen molar-refractivity contribution >= 4 is 0 Å². The molecule has 1 saturated heterocycles. The number of halogens is 3. The summed E-state index contributed by atoms with van der Waals surface area (Å²) in [5, 5.41) is 10.8. The molecule has 6 heteroatoms. The van der Waals surface area contributed by atoms with Crippen LogP contribution in [0.25, 0.3) is 0 Å². The van der Waals surface area contributed by atoms with Gasteiger partial charge in [0.15, 0.2) is 0 Å². The Morgan fingerprint density at radius 2 is 2.10 bits per heavy atom. The number of likely N-dealkylation sites (tertiary alicyclic amines) is 1. The second-order valence-electron chi connectivity index (χ2n) is 5.65. The Labute approximate surface area is 122 Å². The zero-order valence-electron chi connectivity index (χ0n) is 12.2. The van der Waals surface area contributed by atoms with Crippen LogP contribution in [0.5, 0.6) is 0 Å². The maximum atomic E-state index is 13.1. The van der Waals surface area contributed by atoms with Crippen LogP contribution in [-0.4, -0.2) is 34.6 Å². The Morgan fingerprint density at radius 1 is 1.33 bits per heavy atom.